The van der Waals surface area contributed by atoms with Gasteiger partial charge in [0.15, 0.2) is 0 Å². The zero-order valence-electron chi connectivity index (χ0n) is 21.7. The Balaban J connectivity index is 1.77. The van der Waals surface area contributed by atoms with E-state index in [4.69, 9.17) is 0 Å². The first-order valence-electron chi connectivity index (χ1n) is 13.2. The lowest BCUT2D eigenvalue weighted by Gasteiger charge is -2.24. The summed E-state index contributed by atoms with van der Waals surface area (Å²) in [5.41, 5.74) is 0.865. The second-order valence-corrected chi connectivity index (χ2v) is 11.1. The van der Waals surface area contributed by atoms with Gasteiger partial charge in [-0.1, -0.05) is 46.5 Å². The lowest BCUT2D eigenvalue weighted by atomic mass is 9.95. The van der Waals surface area contributed by atoms with Gasteiger partial charge in [0.2, 0.25) is 16.0 Å². The zero-order valence-corrected chi connectivity index (χ0v) is 22.5. The van der Waals surface area contributed by atoms with E-state index in [0.29, 0.717) is 36.1 Å². The average Bonchev–Trinajstić information content (AvgIpc) is 2.88. The van der Waals surface area contributed by atoms with Gasteiger partial charge in [-0.3, -0.25) is 4.79 Å². The van der Waals surface area contributed by atoms with Crippen LogP contribution in [0.15, 0.2) is 35.4 Å². The molecule has 0 spiro atoms. The monoisotopic (exact) mass is 516 g/mol. The fourth-order valence-electron chi connectivity index (χ4n) is 4.32. The van der Waals surface area contributed by atoms with E-state index < -0.39 is 10.0 Å². The van der Waals surface area contributed by atoms with Gasteiger partial charge in [-0.2, -0.15) is 9.29 Å². The quantitative estimate of drug-likeness (QED) is 0.317. The molecule has 0 unspecified atom stereocenters. The highest BCUT2D eigenvalue weighted by molar-refractivity contribution is 7.89. The summed E-state index contributed by atoms with van der Waals surface area (Å²) in [6.07, 6.45) is 10.0. The zero-order chi connectivity index (χ0) is 26.0. The lowest BCUT2D eigenvalue weighted by molar-refractivity contribution is 0.102. The van der Waals surface area contributed by atoms with E-state index in [9.17, 15) is 13.2 Å². The predicted molar refractivity (Wildman–Crippen MR) is 145 cm³/mol. The maximum Gasteiger partial charge on any atom is 0.260 e. The van der Waals surface area contributed by atoms with E-state index >= 15 is 0 Å². The summed E-state index contributed by atoms with van der Waals surface area (Å²) in [6, 6.07) is 6.56. The van der Waals surface area contributed by atoms with Crippen molar-refractivity contribution < 1.29 is 13.2 Å². The molecule has 0 radical (unpaired) electrons. The summed E-state index contributed by atoms with van der Waals surface area (Å²) in [5, 5.41) is 9.56. The molecule has 36 heavy (non-hydrogen) atoms. The number of carbonyl (C=O) groups is 1. The van der Waals surface area contributed by atoms with Gasteiger partial charge in [-0.15, -0.1) is 0 Å². The van der Waals surface area contributed by atoms with Crippen molar-refractivity contribution in [2.45, 2.75) is 83.1 Å². The first-order chi connectivity index (χ1) is 17.4. The van der Waals surface area contributed by atoms with E-state index in [1.165, 1.54) is 22.9 Å². The molecule has 3 rings (SSSR count). The SMILES string of the molecule is CCCCNc1ncc(C(=O)Nc2ccc(S(=O)(=O)N(CC)CCC)cc2)c(NC2CCCCC2)n1. The lowest BCUT2D eigenvalue weighted by Crippen LogP contribution is -2.31. The molecule has 1 heterocycles. The Morgan fingerprint density at radius 2 is 1.78 bits per heavy atom. The Bertz CT molecular complexity index is 1090. The first kappa shape index (κ1) is 27.9. The number of hydrogen-bond donors (Lipinski definition) is 3. The van der Waals surface area contributed by atoms with Gasteiger partial charge in [0.25, 0.3) is 5.91 Å². The Hall–Kier alpha value is -2.72. The molecule has 198 valence electrons. The van der Waals surface area contributed by atoms with Crippen LogP contribution < -0.4 is 16.0 Å². The van der Waals surface area contributed by atoms with Gasteiger partial charge in [0.05, 0.1) is 4.90 Å². The number of nitrogens with one attached hydrogen (secondary N) is 3. The number of anilines is 3. The molecule has 0 atom stereocenters. The maximum absolute atomic E-state index is 13.2. The standard InChI is InChI=1S/C26H40N6O3S/c1-4-7-17-27-26-28-19-23(24(31-26)29-20-11-9-8-10-12-20)25(33)30-21-13-15-22(16-14-21)36(34,35)32(6-3)18-5-2/h13-16,19-20H,4-12,17-18H2,1-3H3,(H,30,33)(H2,27,28,29,31). The van der Waals surface area contributed by atoms with Gasteiger partial charge in [0, 0.05) is 37.6 Å². The number of amides is 1. The van der Waals surface area contributed by atoms with Gasteiger partial charge in [-0.05, 0) is 49.9 Å². The summed E-state index contributed by atoms with van der Waals surface area (Å²) in [6.45, 7) is 7.55. The average molecular weight is 517 g/mol. The molecule has 0 saturated heterocycles. The molecule has 1 fully saturated rings. The fourth-order valence-corrected chi connectivity index (χ4v) is 5.86. The Morgan fingerprint density at radius 1 is 1.06 bits per heavy atom. The normalized spacial score (nSPS) is 14.6. The minimum absolute atomic E-state index is 0.210. The van der Waals surface area contributed by atoms with Crippen molar-refractivity contribution in [2.75, 3.05) is 35.6 Å². The molecule has 1 amide bonds. The molecule has 1 aliphatic carbocycles. The Kier molecular flexibility index (Phi) is 10.5. The number of aromatic nitrogens is 2. The summed E-state index contributed by atoms with van der Waals surface area (Å²) in [4.78, 5) is 22.4. The van der Waals surface area contributed by atoms with Crippen LogP contribution in [0.3, 0.4) is 0 Å². The number of hydrogen-bond acceptors (Lipinski definition) is 7. The van der Waals surface area contributed by atoms with E-state index in [-0.39, 0.29) is 16.8 Å². The van der Waals surface area contributed by atoms with Crippen LogP contribution in [0, 0.1) is 0 Å². The number of sulfonamides is 1. The third-order valence-corrected chi connectivity index (χ3v) is 8.36. The van der Waals surface area contributed by atoms with Crippen LogP contribution in [0.5, 0.6) is 0 Å². The predicted octanol–water partition coefficient (Wildman–Crippen LogP) is 5.11. The summed E-state index contributed by atoms with van der Waals surface area (Å²) >= 11 is 0. The molecule has 0 aliphatic heterocycles. The van der Waals surface area contributed by atoms with Crippen molar-refractivity contribution in [3.05, 3.63) is 36.0 Å². The van der Waals surface area contributed by atoms with Crippen LogP contribution in [0.4, 0.5) is 17.5 Å². The molecule has 1 aromatic carbocycles. The van der Waals surface area contributed by atoms with Crippen LogP contribution in [-0.2, 0) is 10.0 Å². The molecular formula is C26H40N6O3S. The maximum atomic E-state index is 13.2. The molecule has 3 N–H and O–H groups in total. The molecule has 1 saturated carbocycles. The minimum atomic E-state index is -3.56. The van der Waals surface area contributed by atoms with E-state index in [2.05, 4.69) is 32.8 Å². The van der Waals surface area contributed by atoms with Crippen LogP contribution in [0.1, 0.15) is 82.5 Å². The molecule has 9 nitrogen and oxygen atoms in total. The number of nitrogens with zero attached hydrogens (tertiary/aromatic N) is 3. The van der Waals surface area contributed by atoms with Crippen LogP contribution >= 0.6 is 0 Å². The van der Waals surface area contributed by atoms with Gasteiger partial charge in [0.1, 0.15) is 11.4 Å². The molecule has 1 aromatic heterocycles. The number of unbranched alkanes of at least 4 members (excludes halogenated alkanes) is 1. The number of carbonyl (C=O) groups excluding carboxylic acids is 1. The van der Waals surface area contributed by atoms with Crippen molar-refractivity contribution in [2.24, 2.45) is 0 Å². The van der Waals surface area contributed by atoms with Crippen LogP contribution in [-0.4, -0.2) is 54.3 Å². The largest absolute Gasteiger partial charge is 0.367 e. The topological polar surface area (TPSA) is 116 Å². The van der Waals surface area contributed by atoms with Gasteiger partial charge >= 0.3 is 0 Å². The van der Waals surface area contributed by atoms with E-state index in [1.807, 2.05) is 13.8 Å². The summed E-state index contributed by atoms with van der Waals surface area (Å²) < 4.78 is 27.2. The highest BCUT2D eigenvalue weighted by Gasteiger charge is 2.23. The molecule has 10 heteroatoms. The van der Waals surface area contributed by atoms with Crippen LogP contribution in [0.25, 0.3) is 0 Å². The van der Waals surface area contributed by atoms with Crippen molar-refractivity contribution in [1.82, 2.24) is 14.3 Å². The third kappa shape index (κ3) is 7.39. The van der Waals surface area contributed by atoms with Crippen molar-refractivity contribution in [1.29, 1.82) is 0 Å². The smallest absolute Gasteiger partial charge is 0.260 e. The Labute approximate surface area is 215 Å². The molecule has 1 aliphatic rings. The minimum Gasteiger partial charge on any atom is -0.367 e. The van der Waals surface area contributed by atoms with Crippen molar-refractivity contribution in [3.8, 4) is 0 Å². The van der Waals surface area contributed by atoms with Crippen molar-refractivity contribution >= 4 is 33.4 Å². The first-order valence-corrected chi connectivity index (χ1v) is 14.6. The number of rotatable bonds is 13. The highest BCUT2D eigenvalue weighted by Crippen LogP contribution is 2.25. The number of benzene rings is 1. The summed E-state index contributed by atoms with van der Waals surface area (Å²) in [7, 11) is -3.56. The van der Waals surface area contributed by atoms with Crippen LogP contribution in [0.2, 0.25) is 0 Å². The Morgan fingerprint density at radius 3 is 2.42 bits per heavy atom. The summed E-state index contributed by atoms with van der Waals surface area (Å²) in [5.74, 6) is 0.677. The van der Waals surface area contributed by atoms with E-state index in [1.54, 1.807) is 18.3 Å². The molecular weight excluding hydrogens is 476 g/mol. The fraction of sp³-hybridized carbons (Fsp3) is 0.577. The van der Waals surface area contributed by atoms with E-state index in [0.717, 1.165) is 51.5 Å². The molecule has 2 aromatic rings. The van der Waals surface area contributed by atoms with Gasteiger partial charge < -0.3 is 16.0 Å². The van der Waals surface area contributed by atoms with Gasteiger partial charge in [-0.25, -0.2) is 13.4 Å². The highest BCUT2D eigenvalue weighted by atomic mass is 32.2. The third-order valence-electron chi connectivity index (χ3n) is 6.37. The van der Waals surface area contributed by atoms with Crippen molar-refractivity contribution in [3.63, 3.8) is 0 Å². The second kappa shape index (κ2) is 13.5. The molecule has 0 bridgehead atoms. The second-order valence-electron chi connectivity index (χ2n) is 9.19.